The Labute approximate surface area is 192 Å². The number of sulfonamides is 1. The third kappa shape index (κ3) is 4.98. The number of carbonyl (C=O) groups excluding carboxylic acids is 2. The van der Waals surface area contributed by atoms with Crippen molar-refractivity contribution in [3.05, 3.63) is 78.4 Å². The lowest BCUT2D eigenvalue weighted by atomic mass is 10.2. The molecule has 9 heteroatoms. The Morgan fingerprint density at radius 3 is 2.30 bits per heavy atom. The number of amides is 2. The summed E-state index contributed by atoms with van der Waals surface area (Å²) in [6, 6.07) is 19.3. The Bertz CT molecular complexity index is 1280. The van der Waals surface area contributed by atoms with E-state index in [-0.39, 0.29) is 16.7 Å². The zero-order valence-corrected chi connectivity index (χ0v) is 18.8. The van der Waals surface area contributed by atoms with Crippen LogP contribution in [0.4, 0.5) is 17.1 Å². The van der Waals surface area contributed by atoms with Crippen LogP contribution in [0.15, 0.2) is 77.7 Å². The second kappa shape index (κ2) is 9.33. The maximum Gasteiger partial charge on any atom is 0.261 e. The first kappa shape index (κ1) is 22.3. The molecule has 1 saturated heterocycles. The molecule has 170 valence electrons. The number of nitrogens with one attached hydrogen (secondary N) is 2. The first-order chi connectivity index (χ1) is 15.9. The Balaban J connectivity index is 1.45. The molecule has 1 aliphatic rings. The maximum absolute atomic E-state index is 12.7. The molecule has 0 aliphatic carbocycles. The third-order valence-electron chi connectivity index (χ3n) is 5.25. The van der Waals surface area contributed by atoms with Crippen molar-refractivity contribution in [2.75, 3.05) is 28.6 Å². The van der Waals surface area contributed by atoms with E-state index in [4.69, 9.17) is 4.74 Å². The number of benzene rings is 3. The summed E-state index contributed by atoms with van der Waals surface area (Å²) in [7, 11) is -2.20. The molecule has 1 heterocycles. The van der Waals surface area contributed by atoms with Crippen LogP contribution in [-0.2, 0) is 14.8 Å². The van der Waals surface area contributed by atoms with Gasteiger partial charge in [-0.25, -0.2) is 8.42 Å². The van der Waals surface area contributed by atoms with Crippen molar-refractivity contribution in [1.29, 1.82) is 0 Å². The largest absolute Gasteiger partial charge is 0.494 e. The van der Waals surface area contributed by atoms with Crippen molar-refractivity contribution < 1.29 is 22.7 Å². The molecule has 33 heavy (non-hydrogen) atoms. The summed E-state index contributed by atoms with van der Waals surface area (Å²) in [5.41, 5.74) is 1.89. The smallest absolute Gasteiger partial charge is 0.261 e. The van der Waals surface area contributed by atoms with Crippen molar-refractivity contribution in [3.63, 3.8) is 0 Å². The van der Waals surface area contributed by atoms with Gasteiger partial charge in [0.05, 0.1) is 17.7 Å². The zero-order chi connectivity index (χ0) is 23.4. The van der Waals surface area contributed by atoms with Crippen molar-refractivity contribution in [3.8, 4) is 5.75 Å². The van der Waals surface area contributed by atoms with Crippen LogP contribution < -0.4 is 19.7 Å². The third-order valence-corrected chi connectivity index (χ3v) is 6.65. The predicted molar refractivity (Wildman–Crippen MR) is 126 cm³/mol. The second-order valence-corrected chi connectivity index (χ2v) is 9.17. The molecular formula is C24H23N3O5S. The Morgan fingerprint density at radius 2 is 1.67 bits per heavy atom. The molecule has 3 aromatic rings. The van der Waals surface area contributed by atoms with Gasteiger partial charge in [0.1, 0.15) is 5.75 Å². The number of carbonyl (C=O) groups is 2. The van der Waals surface area contributed by atoms with Gasteiger partial charge in [0.15, 0.2) is 0 Å². The summed E-state index contributed by atoms with van der Waals surface area (Å²) in [5, 5.41) is 2.79. The minimum atomic E-state index is -3.71. The highest BCUT2D eigenvalue weighted by Crippen LogP contribution is 2.34. The van der Waals surface area contributed by atoms with E-state index >= 15 is 0 Å². The number of hydrogen-bond donors (Lipinski definition) is 2. The molecule has 0 saturated carbocycles. The van der Waals surface area contributed by atoms with E-state index < -0.39 is 10.0 Å². The highest BCUT2D eigenvalue weighted by molar-refractivity contribution is 7.92. The van der Waals surface area contributed by atoms with E-state index in [1.165, 1.54) is 43.5 Å². The summed E-state index contributed by atoms with van der Waals surface area (Å²) in [6.45, 7) is 0.640. The normalized spacial score (nSPS) is 13.6. The van der Waals surface area contributed by atoms with Gasteiger partial charge < -0.3 is 15.0 Å². The second-order valence-electron chi connectivity index (χ2n) is 7.49. The molecule has 1 fully saturated rings. The van der Waals surface area contributed by atoms with Crippen LogP contribution in [0.25, 0.3) is 0 Å². The number of anilines is 3. The van der Waals surface area contributed by atoms with Crippen LogP contribution in [0.2, 0.25) is 0 Å². The summed E-state index contributed by atoms with van der Waals surface area (Å²) < 4.78 is 32.8. The number of ether oxygens (including phenoxy) is 1. The summed E-state index contributed by atoms with van der Waals surface area (Å²) in [5.74, 6) is 0.182. The number of methoxy groups -OCH3 is 1. The van der Waals surface area contributed by atoms with Gasteiger partial charge >= 0.3 is 0 Å². The molecule has 3 aromatic carbocycles. The van der Waals surface area contributed by atoms with Crippen molar-refractivity contribution >= 4 is 38.9 Å². The molecule has 4 rings (SSSR count). The van der Waals surface area contributed by atoms with Gasteiger partial charge in [-0.3, -0.25) is 14.3 Å². The minimum Gasteiger partial charge on any atom is -0.494 e. The van der Waals surface area contributed by atoms with Crippen LogP contribution in [-0.4, -0.2) is 33.9 Å². The fourth-order valence-electron chi connectivity index (χ4n) is 3.59. The molecule has 0 radical (unpaired) electrons. The minimum absolute atomic E-state index is 0.0491. The number of hydrogen-bond acceptors (Lipinski definition) is 5. The molecular weight excluding hydrogens is 442 g/mol. The average Bonchev–Trinajstić information content (AvgIpc) is 3.25. The predicted octanol–water partition coefficient (Wildman–Crippen LogP) is 3.88. The summed E-state index contributed by atoms with van der Waals surface area (Å²) in [6.07, 6.45) is 1.32. The van der Waals surface area contributed by atoms with Gasteiger partial charge in [0.2, 0.25) is 5.91 Å². The molecule has 0 unspecified atom stereocenters. The molecule has 0 spiro atoms. The first-order valence-corrected chi connectivity index (χ1v) is 11.8. The summed E-state index contributed by atoms with van der Waals surface area (Å²) in [4.78, 5) is 26.5. The fraction of sp³-hybridized carbons (Fsp3) is 0.167. The van der Waals surface area contributed by atoms with Crippen LogP contribution in [0, 0.1) is 0 Å². The Hall–Kier alpha value is -3.85. The standard InChI is InChI=1S/C24H23N3O5S/c1-32-22-16-19(13-14-21(22)27-15-5-8-23(27)28)25-24(29)17-9-11-18(12-10-17)26-33(30,31)20-6-3-2-4-7-20/h2-4,6-7,9-14,16,26H,5,8,15H2,1H3,(H,25,29). The van der Waals surface area contributed by atoms with Gasteiger partial charge in [-0.1, -0.05) is 18.2 Å². The van der Waals surface area contributed by atoms with Crippen molar-refractivity contribution in [2.45, 2.75) is 17.7 Å². The van der Waals surface area contributed by atoms with Gasteiger partial charge in [0, 0.05) is 36.0 Å². The van der Waals surface area contributed by atoms with E-state index in [1.54, 1.807) is 41.3 Å². The SMILES string of the molecule is COc1cc(NC(=O)c2ccc(NS(=O)(=O)c3ccccc3)cc2)ccc1N1CCCC1=O. The van der Waals surface area contributed by atoms with Crippen molar-refractivity contribution in [1.82, 2.24) is 0 Å². The monoisotopic (exact) mass is 465 g/mol. The Kier molecular flexibility index (Phi) is 6.32. The lowest BCUT2D eigenvalue weighted by molar-refractivity contribution is -0.117. The quantitative estimate of drug-likeness (QED) is 0.551. The van der Waals surface area contributed by atoms with Gasteiger partial charge in [-0.15, -0.1) is 0 Å². The fourth-order valence-corrected chi connectivity index (χ4v) is 4.67. The lowest BCUT2D eigenvalue weighted by Crippen LogP contribution is -2.24. The highest BCUT2D eigenvalue weighted by atomic mass is 32.2. The molecule has 0 aromatic heterocycles. The lowest BCUT2D eigenvalue weighted by Gasteiger charge is -2.19. The van der Waals surface area contributed by atoms with Gasteiger partial charge in [-0.2, -0.15) is 0 Å². The van der Waals surface area contributed by atoms with Crippen LogP contribution in [0.3, 0.4) is 0 Å². The van der Waals surface area contributed by atoms with E-state index in [2.05, 4.69) is 10.0 Å². The van der Waals surface area contributed by atoms with Gasteiger partial charge in [0.25, 0.3) is 15.9 Å². The number of nitrogens with zero attached hydrogens (tertiary/aromatic N) is 1. The molecule has 8 nitrogen and oxygen atoms in total. The molecule has 2 amide bonds. The van der Waals surface area contributed by atoms with E-state index in [0.29, 0.717) is 41.3 Å². The van der Waals surface area contributed by atoms with Crippen LogP contribution in [0.5, 0.6) is 5.75 Å². The Morgan fingerprint density at radius 1 is 0.970 bits per heavy atom. The number of rotatable bonds is 7. The van der Waals surface area contributed by atoms with E-state index in [1.807, 2.05) is 0 Å². The van der Waals surface area contributed by atoms with Crippen LogP contribution >= 0.6 is 0 Å². The molecule has 1 aliphatic heterocycles. The van der Waals surface area contributed by atoms with Crippen molar-refractivity contribution in [2.24, 2.45) is 0 Å². The summed E-state index contributed by atoms with van der Waals surface area (Å²) >= 11 is 0. The van der Waals surface area contributed by atoms with E-state index in [0.717, 1.165) is 6.42 Å². The first-order valence-electron chi connectivity index (χ1n) is 10.3. The van der Waals surface area contributed by atoms with E-state index in [9.17, 15) is 18.0 Å². The highest BCUT2D eigenvalue weighted by Gasteiger charge is 2.24. The maximum atomic E-state index is 12.7. The van der Waals surface area contributed by atoms with Crippen LogP contribution in [0.1, 0.15) is 23.2 Å². The molecule has 0 atom stereocenters. The molecule has 2 N–H and O–H groups in total. The average molecular weight is 466 g/mol. The zero-order valence-electron chi connectivity index (χ0n) is 17.9. The topological polar surface area (TPSA) is 105 Å². The molecule has 0 bridgehead atoms. The van der Waals surface area contributed by atoms with Gasteiger partial charge in [-0.05, 0) is 55.0 Å².